The van der Waals surface area contributed by atoms with Crippen molar-refractivity contribution in [1.82, 2.24) is 5.32 Å². The minimum absolute atomic E-state index is 0.0409. The van der Waals surface area contributed by atoms with Gasteiger partial charge in [-0.2, -0.15) is 0 Å². The first kappa shape index (κ1) is 14.4. The van der Waals surface area contributed by atoms with E-state index in [0.29, 0.717) is 17.0 Å². The number of nitrogens with zero attached hydrogens (tertiary/aromatic N) is 1. The highest BCUT2D eigenvalue weighted by molar-refractivity contribution is 5.99. The molecule has 0 unspecified atom stereocenters. The molecule has 1 fully saturated rings. The van der Waals surface area contributed by atoms with E-state index in [4.69, 9.17) is 10.9 Å². The van der Waals surface area contributed by atoms with Gasteiger partial charge in [-0.05, 0) is 30.9 Å². The van der Waals surface area contributed by atoms with E-state index in [1.165, 1.54) is 32.1 Å². The number of hydrogen-bond donors (Lipinski definition) is 3. The summed E-state index contributed by atoms with van der Waals surface area (Å²) in [6, 6.07) is 6.71. The number of hydrogen-bond acceptors (Lipinski definition) is 3. The fourth-order valence-corrected chi connectivity index (χ4v) is 2.58. The van der Waals surface area contributed by atoms with Crippen molar-refractivity contribution in [3.8, 4) is 0 Å². The molecule has 4 N–H and O–H groups in total. The first-order valence-electron chi connectivity index (χ1n) is 7.07. The van der Waals surface area contributed by atoms with Crippen LogP contribution in [0.1, 0.15) is 48.0 Å². The number of amidine groups is 1. The predicted octanol–water partition coefficient (Wildman–Crippen LogP) is 2.09. The predicted molar refractivity (Wildman–Crippen MR) is 77.9 cm³/mol. The lowest BCUT2D eigenvalue weighted by molar-refractivity contribution is 0.0943. The van der Waals surface area contributed by atoms with E-state index in [1.807, 2.05) is 0 Å². The summed E-state index contributed by atoms with van der Waals surface area (Å²) in [6.45, 7) is 0.751. The van der Waals surface area contributed by atoms with Crippen LogP contribution in [0.5, 0.6) is 0 Å². The van der Waals surface area contributed by atoms with Gasteiger partial charge >= 0.3 is 0 Å². The van der Waals surface area contributed by atoms with Crippen LogP contribution in [0.15, 0.2) is 29.4 Å². The van der Waals surface area contributed by atoms with Crippen molar-refractivity contribution < 1.29 is 10.0 Å². The number of carbonyl (C=O) groups excluding carboxylic acids is 1. The maximum atomic E-state index is 12.0. The third-order valence-corrected chi connectivity index (χ3v) is 3.83. The Labute approximate surface area is 118 Å². The summed E-state index contributed by atoms with van der Waals surface area (Å²) in [4.78, 5) is 12.0. The molecule has 5 nitrogen and oxygen atoms in total. The quantitative estimate of drug-likeness (QED) is 0.340. The van der Waals surface area contributed by atoms with Crippen LogP contribution in [0.25, 0.3) is 0 Å². The Bertz CT molecular complexity index is 476. The summed E-state index contributed by atoms with van der Waals surface area (Å²) < 4.78 is 0. The molecular formula is C15H21N3O2. The molecule has 1 aliphatic carbocycles. The van der Waals surface area contributed by atoms with Crippen molar-refractivity contribution in [2.24, 2.45) is 16.8 Å². The Hall–Kier alpha value is -2.04. The van der Waals surface area contributed by atoms with Crippen molar-refractivity contribution >= 4 is 11.7 Å². The van der Waals surface area contributed by atoms with Crippen LogP contribution in [0.2, 0.25) is 0 Å². The zero-order chi connectivity index (χ0) is 14.4. The Morgan fingerprint density at radius 2 is 1.80 bits per heavy atom. The van der Waals surface area contributed by atoms with Gasteiger partial charge in [0.2, 0.25) is 0 Å². The van der Waals surface area contributed by atoms with Gasteiger partial charge in [-0.1, -0.05) is 36.6 Å². The van der Waals surface area contributed by atoms with E-state index in [0.717, 1.165) is 6.54 Å². The van der Waals surface area contributed by atoms with Gasteiger partial charge < -0.3 is 16.3 Å². The Kier molecular flexibility index (Phi) is 4.98. The topological polar surface area (TPSA) is 87.7 Å². The molecular weight excluding hydrogens is 254 g/mol. The molecule has 0 spiro atoms. The SMILES string of the molecule is N/C(=N\O)c1ccc(C(=O)NCC2CCCCC2)cc1. The third-order valence-electron chi connectivity index (χ3n) is 3.83. The number of rotatable bonds is 4. The Morgan fingerprint density at radius 3 is 2.40 bits per heavy atom. The highest BCUT2D eigenvalue weighted by Gasteiger charge is 2.14. The van der Waals surface area contributed by atoms with Crippen LogP contribution >= 0.6 is 0 Å². The molecule has 0 saturated heterocycles. The molecule has 1 aromatic rings. The van der Waals surface area contributed by atoms with Crippen LogP contribution in [-0.2, 0) is 0 Å². The number of benzene rings is 1. The van der Waals surface area contributed by atoms with Gasteiger partial charge in [-0.3, -0.25) is 4.79 Å². The van der Waals surface area contributed by atoms with E-state index in [1.54, 1.807) is 24.3 Å². The van der Waals surface area contributed by atoms with Crippen molar-refractivity contribution in [3.63, 3.8) is 0 Å². The monoisotopic (exact) mass is 275 g/mol. The van der Waals surface area contributed by atoms with E-state index in [-0.39, 0.29) is 11.7 Å². The summed E-state index contributed by atoms with van der Waals surface area (Å²) in [7, 11) is 0. The molecule has 0 aromatic heterocycles. The highest BCUT2D eigenvalue weighted by Crippen LogP contribution is 2.22. The molecule has 0 bridgehead atoms. The second kappa shape index (κ2) is 6.93. The molecule has 0 heterocycles. The maximum Gasteiger partial charge on any atom is 0.251 e. The van der Waals surface area contributed by atoms with E-state index in [9.17, 15) is 4.79 Å². The van der Waals surface area contributed by atoms with Gasteiger partial charge in [-0.25, -0.2) is 0 Å². The van der Waals surface area contributed by atoms with E-state index in [2.05, 4.69) is 10.5 Å². The summed E-state index contributed by atoms with van der Waals surface area (Å²) in [6.07, 6.45) is 6.29. The highest BCUT2D eigenvalue weighted by atomic mass is 16.4. The molecule has 5 heteroatoms. The van der Waals surface area contributed by atoms with Gasteiger partial charge in [0.25, 0.3) is 5.91 Å². The largest absolute Gasteiger partial charge is 0.409 e. The standard InChI is InChI=1S/C15H21N3O2/c16-14(18-20)12-6-8-13(9-7-12)15(19)17-10-11-4-2-1-3-5-11/h6-9,11,20H,1-5,10H2,(H2,16,18)(H,17,19). The Balaban J connectivity index is 1.88. The number of nitrogens with two attached hydrogens (primary N) is 1. The molecule has 1 saturated carbocycles. The second-order valence-corrected chi connectivity index (χ2v) is 5.28. The van der Waals surface area contributed by atoms with Crippen LogP contribution in [0.3, 0.4) is 0 Å². The van der Waals surface area contributed by atoms with Gasteiger partial charge in [-0.15, -0.1) is 0 Å². The van der Waals surface area contributed by atoms with Crippen molar-refractivity contribution in [2.75, 3.05) is 6.54 Å². The fourth-order valence-electron chi connectivity index (χ4n) is 2.58. The Morgan fingerprint density at radius 1 is 1.20 bits per heavy atom. The number of carbonyl (C=O) groups is 1. The zero-order valence-corrected chi connectivity index (χ0v) is 11.5. The molecule has 1 aliphatic rings. The molecule has 1 amide bonds. The third kappa shape index (κ3) is 3.73. The molecule has 0 radical (unpaired) electrons. The first-order valence-corrected chi connectivity index (χ1v) is 7.07. The summed E-state index contributed by atoms with van der Waals surface area (Å²) in [5.41, 5.74) is 6.66. The molecule has 108 valence electrons. The molecule has 1 aromatic carbocycles. The lowest BCUT2D eigenvalue weighted by Gasteiger charge is -2.21. The lowest BCUT2D eigenvalue weighted by atomic mass is 9.89. The number of amides is 1. The minimum Gasteiger partial charge on any atom is -0.409 e. The maximum absolute atomic E-state index is 12.0. The molecule has 2 rings (SSSR count). The van der Waals surface area contributed by atoms with Crippen molar-refractivity contribution in [3.05, 3.63) is 35.4 Å². The van der Waals surface area contributed by atoms with Crippen LogP contribution in [-0.4, -0.2) is 23.5 Å². The average molecular weight is 275 g/mol. The number of oxime groups is 1. The van der Waals surface area contributed by atoms with Crippen LogP contribution in [0, 0.1) is 5.92 Å². The second-order valence-electron chi connectivity index (χ2n) is 5.28. The normalized spacial score (nSPS) is 16.9. The summed E-state index contributed by atoms with van der Waals surface area (Å²) >= 11 is 0. The van der Waals surface area contributed by atoms with E-state index < -0.39 is 0 Å². The molecule has 0 aliphatic heterocycles. The van der Waals surface area contributed by atoms with Crippen LogP contribution < -0.4 is 11.1 Å². The van der Waals surface area contributed by atoms with E-state index >= 15 is 0 Å². The summed E-state index contributed by atoms with van der Waals surface area (Å²) in [5, 5.41) is 14.5. The number of nitrogens with one attached hydrogen (secondary N) is 1. The van der Waals surface area contributed by atoms with Gasteiger partial charge in [0.05, 0.1) is 0 Å². The summed E-state index contributed by atoms with van der Waals surface area (Å²) in [5.74, 6) is 0.588. The molecule has 0 atom stereocenters. The zero-order valence-electron chi connectivity index (χ0n) is 11.5. The fraction of sp³-hybridized carbons (Fsp3) is 0.467. The van der Waals surface area contributed by atoms with Gasteiger partial charge in [0, 0.05) is 17.7 Å². The van der Waals surface area contributed by atoms with Crippen LogP contribution in [0.4, 0.5) is 0 Å². The van der Waals surface area contributed by atoms with Gasteiger partial charge in [0.15, 0.2) is 5.84 Å². The van der Waals surface area contributed by atoms with Crippen molar-refractivity contribution in [1.29, 1.82) is 0 Å². The van der Waals surface area contributed by atoms with Gasteiger partial charge in [0.1, 0.15) is 0 Å². The average Bonchev–Trinajstić information content (AvgIpc) is 2.53. The van der Waals surface area contributed by atoms with Crippen molar-refractivity contribution in [2.45, 2.75) is 32.1 Å². The smallest absolute Gasteiger partial charge is 0.251 e. The first-order chi connectivity index (χ1) is 9.70. The minimum atomic E-state index is -0.0679. The molecule has 20 heavy (non-hydrogen) atoms. The lowest BCUT2D eigenvalue weighted by Crippen LogP contribution is -2.30.